The standard InChI is InChI=1S/C24H39O10P/c1-3-4-5-6-7-8-9-10-11-12-13-14-15-16-24(28)34-23(18-26)20-32-35(29,30)31-19-22(17-25)33-21(2)27/h4-5,7-8,10-11,13-14,22-23,25-26H,3,6,9,12,15-20H2,1-2H3,(H,29,30)/b5-4-,8-7-,11-10-,14-13-. The van der Waals surface area contributed by atoms with E-state index in [9.17, 15) is 24.2 Å². The third-order valence-corrected chi connectivity index (χ3v) is 5.07. The maximum Gasteiger partial charge on any atom is 0.472 e. The van der Waals surface area contributed by atoms with Crippen molar-refractivity contribution in [1.82, 2.24) is 0 Å². The van der Waals surface area contributed by atoms with Gasteiger partial charge in [-0.3, -0.25) is 18.6 Å². The van der Waals surface area contributed by atoms with E-state index in [1.54, 1.807) is 0 Å². The van der Waals surface area contributed by atoms with E-state index in [-0.39, 0.29) is 6.42 Å². The smallest absolute Gasteiger partial charge is 0.458 e. The van der Waals surface area contributed by atoms with Gasteiger partial charge in [-0.2, -0.15) is 0 Å². The van der Waals surface area contributed by atoms with Crippen LogP contribution in [-0.4, -0.2) is 65.7 Å². The molecule has 0 saturated heterocycles. The molecule has 0 saturated carbocycles. The van der Waals surface area contributed by atoms with Crippen LogP contribution in [0.5, 0.6) is 0 Å². The summed E-state index contributed by atoms with van der Waals surface area (Å²) in [6, 6.07) is 0. The summed E-state index contributed by atoms with van der Waals surface area (Å²) in [6.45, 7) is 0.806. The van der Waals surface area contributed by atoms with Gasteiger partial charge in [-0.25, -0.2) is 4.57 Å². The summed E-state index contributed by atoms with van der Waals surface area (Å²) in [4.78, 5) is 32.4. The first-order chi connectivity index (χ1) is 16.7. The van der Waals surface area contributed by atoms with Crippen LogP contribution < -0.4 is 0 Å². The van der Waals surface area contributed by atoms with Crippen molar-refractivity contribution in [1.29, 1.82) is 0 Å². The molecular weight excluding hydrogens is 479 g/mol. The van der Waals surface area contributed by atoms with E-state index in [2.05, 4.69) is 46.6 Å². The number of phosphoric acid groups is 1. The van der Waals surface area contributed by atoms with Crippen molar-refractivity contribution < 1.29 is 47.8 Å². The van der Waals surface area contributed by atoms with Crippen molar-refractivity contribution in [2.24, 2.45) is 0 Å². The molecule has 0 bridgehead atoms. The number of aliphatic hydroxyl groups is 2. The van der Waals surface area contributed by atoms with Gasteiger partial charge < -0.3 is 24.6 Å². The molecule has 0 aromatic carbocycles. The average molecular weight is 519 g/mol. The summed E-state index contributed by atoms with van der Waals surface area (Å²) in [5, 5.41) is 18.4. The Morgan fingerprint density at radius 3 is 1.71 bits per heavy atom. The van der Waals surface area contributed by atoms with Gasteiger partial charge in [-0.1, -0.05) is 55.5 Å². The molecule has 0 aromatic heterocycles. The van der Waals surface area contributed by atoms with Crippen LogP contribution in [-0.2, 0) is 32.7 Å². The summed E-state index contributed by atoms with van der Waals surface area (Å²) in [5.74, 6) is -1.29. The van der Waals surface area contributed by atoms with Crippen molar-refractivity contribution in [2.75, 3.05) is 26.4 Å². The third kappa shape index (κ3) is 21.0. The van der Waals surface area contributed by atoms with Crippen LogP contribution in [0.1, 0.15) is 52.4 Å². The lowest BCUT2D eigenvalue weighted by molar-refractivity contribution is -0.153. The fourth-order valence-corrected chi connectivity index (χ4v) is 3.20. The molecule has 0 amide bonds. The van der Waals surface area contributed by atoms with Crippen LogP contribution in [0.3, 0.4) is 0 Å². The Kier molecular flexibility index (Phi) is 20.0. The quantitative estimate of drug-likeness (QED) is 0.124. The van der Waals surface area contributed by atoms with Crippen LogP contribution in [0.25, 0.3) is 0 Å². The molecule has 0 spiro atoms. The number of hydrogen-bond donors (Lipinski definition) is 3. The van der Waals surface area contributed by atoms with Crippen molar-refractivity contribution in [2.45, 2.75) is 64.6 Å². The first kappa shape index (κ1) is 32.9. The van der Waals surface area contributed by atoms with Crippen LogP contribution in [0.4, 0.5) is 0 Å². The molecule has 0 aliphatic heterocycles. The minimum atomic E-state index is -4.59. The van der Waals surface area contributed by atoms with Gasteiger partial charge in [-0.05, 0) is 32.1 Å². The predicted molar refractivity (Wildman–Crippen MR) is 131 cm³/mol. The van der Waals surface area contributed by atoms with E-state index in [0.717, 1.165) is 32.6 Å². The van der Waals surface area contributed by atoms with Crippen molar-refractivity contribution in [3.05, 3.63) is 48.6 Å². The second-order valence-electron chi connectivity index (χ2n) is 7.31. The topological polar surface area (TPSA) is 149 Å². The van der Waals surface area contributed by atoms with Gasteiger partial charge in [0.05, 0.1) is 26.4 Å². The lowest BCUT2D eigenvalue weighted by Crippen LogP contribution is -2.28. The first-order valence-corrected chi connectivity index (χ1v) is 13.0. The van der Waals surface area contributed by atoms with Gasteiger partial charge in [0, 0.05) is 13.3 Å². The van der Waals surface area contributed by atoms with Crippen molar-refractivity contribution in [3.63, 3.8) is 0 Å². The summed E-state index contributed by atoms with van der Waals surface area (Å²) >= 11 is 0. The molecular formula is C24H39O10P. The average Bonchev–Trinajstić information content (AvgIpc) is 2.82. The lowest BCUT2D eigenvalue weighted by Gasteiger charge is -2.19. The maximum absolute atomic E-state index is 11.9. The first-order valence-electron chi connectivity index (χ1n) is 11.5. The molecule has 0 aliphatic rings. The molecule has 10 nitrogen and oxygen atoms in total. The number of phosphoric ester groups is 1. The summed E-state index contributed by atoms with van der Waals surface area (Å²) in [5.41, 5.74) is 0. The van der Waals surface area contributed by atoms with E-state index in [0.29, 0.717) is 6.42 Å². The van der Waals surface area contributed by atoms with Crippen LogP contribution in [0.15, 0.2) is 48.6 Å². The number of carbonyl (C=O) groups is 2. The number of hydrogen-bond acceptors (Lipinski definition) is 9. The Hall–Kier alpha value is -2.07. The number of allylic oxidation sites excluding steroid dienone is 8. The zero-order valence-corrected chi connectivity index (χ0v) is 21.4. The molecule has 0 aromatic rings. The molecule has 0 fully saturated rings. The highest BCUT2D eigenvalue weighted by Crippen LogP contribution is 2.43. The number of esters is 2. The Balaban J connectivity index is 4.14. The summed E-state index contributed by atoms with van der Waals surface area (Å²) in [6.07, 6.45) is 18.2. The van der Waals surface area contributed by atoms with Gasteiger partial charge in [0.1, 0.15) is 12.2 Å². The van der Waals surface area contributed by atoms with Gasteiger partial charge >= 0.3 is 19.8 Å². The largest absolute Gasteiger partial charge is 0.472 e. The molecule has 0 heterocycles. The van der Waals surface area contributed by atoms with Gasteiger partial charge in [0.25, 0.3) is 0 Å². The summed E-state index contributed by atoms with van der Waals surface area (Å²) in [7, 11) is -4.59. The molecule has 200 valence electrons. The highest BCUT2D eigenvalue weighted by atomic mass is 31.2. The monoisotopic (exact) mass is 518 g/mol. The zero-order chi connectivity index (χ0) is 26.4. The Labute approximate surface area is 207 Å². The molecule has 0 rings (SSSR count). The fourth-order valence-electron chi connectivity index (χ4n) is 2.42. The predicted octanol–water partition coefficient (Wildman–Crippen LogP) is 3.53. The fraction of sp³-hybridized carbons (Fsp3) is 0.583. The number of rotatable bonds is 20. The molecule has 3 unspecified atom stereocenters. The molecule has 3 atom stereocenters. The normalized spacial score (nSPS) is 15.7. The van der Waals surface area contributed by atoms with Crippen LogP contribution in [0, 0.1) is 0 Å². The molecule has 3 N–H and O–H groups in total. The van der Waals surface area contributed by atoms with Gasteiger partial charge in [0.2, 0.25) is 0 Å². The minimum Gasteiger partial charge on any atom is -0.458 e. The number of aliphatic hydroxyl groups excluding tert-OH is 2. The van der Waals surface area contributed by atoms with Crippen molar-refractivity contribution in [3.8, 4) is 0 Å². The lowest BCUT2D eigenvalue weighted by atomic mass is 10.2. The molecule has 0 radical (unpaired) electrons. The number of carbonyl (C=O) groups excluding carboxylic acids is 2. The molecule has 0 aliphatic carbocycles. The van der Waals surface area contributed by atoms with Crippen molar-refractivity contribution >= 4 is 19.8 Å². The number of ether oxygens (including phenoxy) is 2. The second-order valence-corrected chi connectivity index (χ2v) is 8.76. The molecule has 11 heteroatoms. The maximum atomic E-state index is 11.9. The van der Waals surface area contributed by atoms with Gasteiger partial charge in [0.15, 0.2) is 0 Å². The van der Waals surface area contributed by atoms with E-state index in [1.807, 2.05) is 18.2 Å². The highest BCUT2D eigenvalue weighted by molar-refractivity contribution is 7.47. The van der Waals surface area contributed by atoms with Crippen LogP contribution >= 0.6 is 7.82 Å². The zero-order valence-electron chi connectivity index (χ0n) is 20.5. The Bertz CT molecular complexity index is 745. The second kappa shape index (κ2) is 21.2. The summed E-state index contributed by atoms with van der Waals surface area (Å²) < 4.78 is 30.9. The van der Waals surface area contributed by atoms with Gasteiger partial charge in [-0.15, -0.1) is 0 Å². The van der Waals surface area contributed by atoms with E-state index in [1.165, 1.54) is 0 Å². The van der Waals surface area contributed by atoms with E-state index < -0.39 is 58.4 Å². The van der Waals surface area contributed by atoms with E-state index >= 15 is 0 Å². The third-order valence-electron chi connectivity index (χ3n) is 4.12. The Morgan fingerprint density at radius 2 is 1.26 bits per heavy atom. The minimum absolute atomic E-state index is 0.0680. The molecule has 35 heavy (non-hydrogen) atoms. The van der Waals surface area contributed by atoms with Crippen LogP contribution in [0.2, 0.25) is 0 Å². The van der Waals surface area contributed by atoms with E-state index in [4.69, 9.17) is 14.4 Å². The highest BCUT2D eigenvalue weighted by Gasteiger charge is 2.27. The SMILES string of the molecule is CC/C=C\C/C=C\C/C=C\C/C=C\CCC(=O)OC(CO)COP(=O)(O)OCC(CO)OC(C)=O. The Morgan fingerprint density at radius 1 is 0.800 bits per heavy atom.